The molecule has 10 nitrogen and oxygen atoms in total. The number of hydrazine groups is 1. The van der Waals surface area contributed by atoms with E-state index in [-0.39, 0.29) is 18.9 Å². The van der Waals surface area contributed by atoms with E-state index in [9.17, 15) is 24.0 Å². The summed E-state index contributed by atoms with van der Waals surface area (Å²) in [5, 5.41) is 0.628. The number of allylic oxidation sites excluding steroid dienone is 1. The highest BCUT2D eigenvalue weighted by molar-refractivity contribution is 6.03. The minimum Gasteiger partial charge on any atom is -0.460 e. The summed E-state index contributed by atoms with van der Waals surface area (Å²) in [4.78, 5) is 66.4. The largest absolute Gasteiger partial charge is 0.460 e. The first-order valence-electron chi connectivity index (χ1n) is 14.4. The highest BCUT2D eigenvalue weighted by Gasteiger charge is 2.40. The lowest BCUT2D eigenvalue weighted by atomic mass is 9.82. The minimum atomic E-state index is -0.898. The van der Waals surface area contributed by atoms with Crippen LogP contribution in [0.1, 0.15) is 58.6 Å². The Kier molecular flexibility index (Phi) is 11.6. The van der Waals surface area contributed by atoms with Crippen LogP contribution in [0.15, 0.2) is 66.7 Å². The van der Waals surface area contributed by atoms with Gasteiger partial charge in [-0.1, -0.05) is 86.7 Å². The van der Waals surface area contributed by atoms with Gasteiger partial charge in [0, 0.05) is 0 Å². The van der Waals surface area contributed by atoms with Gasteiger partial charge in [-0.05, 0) is 50.7 Å². The molecule has 3 rings (SSSR count). The molecule has 4 amide bonds. The van der Waals surface area contributed by atoms with E-state index in [0.29, 0.717) is 11.4 Å². The fourth-order valence-corrected chi connectivity index (χ4v) is 4.60. The molecule has 1 heterocycles. The van der Waals surface area contributed by atoms with Crippen molar-refractivity contribution in [3.63, 3.8) is 0 Å². The summed E-state index contributed by atoms with van der Waals surface area (Å²) in [5.41, 5.74) is 3.34. The van der Waals surface area contributed by atoms with Gasteiger partial charge >= 0.3 is 12.1 Å². The van der Waals surface area contributed by atoms with Gasteiger partial charge in [0.15, 0.2) is 0 Å². The van der Waals surface area contributed by atoms with E-state index in [1.807, 2.05) is 62.4 Å². The number of nitrogens with zero attached hydrogens (tertiary/aromatic N) is 2. The lowest BCUT2D eigenvalue weighted by Gasteiger charge is -2.34. The molecule has 1 aliphatic rings. The number of piperazine rings is 1. The maximum absolute atomic E-state index is 13.7. The van der Waals surface area contributed by atoms with E-state index in [1.165, 1.54) is 0 Å². The molecule has 1 fully saturated rings. The Morgan fingerprint density at radius 2 is 1.49 bits per heavy atom. The second kappa shape index (κ2) is 15.1. The number of amides is 4. The van der Waals surface area contributed by atoms with Crippen molar-refractivity contribution < 1.29 is 33.4 Å². The minimum absolute atomic E-state index is 0.0132. The molecule has 0 aliphatic carbocycles. The van der Waals surface area contributed by atoms with Crippen LogP contribution in [0.4, 0.5) is 4.79 Å². The van der Waals surface area contributed by atoms with Crippen molar-refractivity contribution in [1.82, 2.24) is 15.3 Å². The van der Waals surface area contributed by atoms with Gasteiger partial charge in [-0.2, -0.15) is 5.01 Å². The second-order valence-corrected chi connectivity index (χ2v) is 11.9. The van der Waals surface area contributed by atoms with E-state index in [0.717, 1.165) is 16.0 Å². The van der Waals surface area contributed by atoms with Crippen LogP contribution in [0.25, 0.3) is 6.08 Å². The number of ether oxygens (including phenoxy) is 2. The molecular weight excluding hydrogens is 550 g/mol. The van der Waals surface area contributed by atoms with Crippen LogP contribution in [-0.4, -0.2) is 58.4 Å². The predicted molar refractivity (Wildman–Crippen MR) is 161 cm³/mol. The van der Waals surface area contributed by atoms with Crippen LogP contribution in [0.5, 0.6) is 0 Å². The van der Waals surface area contributed by atoms with Gasteiger partial charge in [0.25, 0.3) is 11.8 Å². The first-order valence-corrected chi connectivity index (χ1v) is 14.4. The Morgan fingerprint density at radius 3 is 2.05 bits per heavy atom. The third-order valence-corrected chi connectivity index (χ3v) is 6.59. The molecule has 0 bridgehead atoms. The monoisotopic (exact) mass is 591 g/mol. The van der Waals surface area contributed by atoms with Crippen molar-refractivity contribution in [2.75, 3.05) is 13.1 Å². The molecule has 0 spiro atoms. The lowest BCUT2D eigenvalue weighted by molar-refractivity contribution is -0.166. The highest BCUT2D eigenvalue weighted by Crippen LogP contribution is 2.28. The molecule has 0 radical (unpaired) electrons. The Bertz CT molecular complexity index is 1280. The lowest BCUT2D eigenvalue weighted by Crippen LogP contribution is -2.62. The number of imide groups is 1. The number of benzene rings is 2. The number of carbonyl (C=O) groups excluding carboxylic acids is 5. The van der Waals surface area contributed by atoms with Gasteiger partial charge in [-0.15, -0.1) is 0 Å². The van der Waals surface area contributed by atoms with Crippen molar-refractivity contribution in [2.24, 2.45) is 17.8 Å². The van der Waals surface area contributed by atoms with Crippen LogP contribution in [0, 0.1) is 17.8 Å². The molecule has 1 aliphatic heterocycles. The molecule has 1 saturated heterocycles. The number of nitrogens with one attached hydrogen (secondary N) is 1. The van der Waals surface area contributed by atoms with Crippen LogP contribution in [0.2, 0.25) is 0 Å². The van der Waals surface area contributed by atoms with Crippen molar-refractivity contribution in [3.05, 3.63) is 77.9 Å². The van der Waals surface area contributed by atoms with Crippen molar-refractivity contribution >= 4 is 35.9 Å². The van der Waals surface area contributed by atoms with Crippen molar-refractivity contribution in [2.45, 2.75) is 59.7 Å². The number of carbonyl (C=O) groups is 5. The van der Waals surface area contributed by atoms with Gasteiger partial charge in [0.05, 0.1) is 11.8 Å². The van der Waals surface area contributed by atoms with Crippen LogP contribution >= 0.6 is 0 Å². The zero-order valence-corrected chi connectivity index (χ0v) is 25.4. The SMILES string of the molecule is CC(C)CC(C(=O)NN1C(=O)CN(C(=O)OCc2ccccc2)CC1=O)[C@@H](C/C=C\c1ccccc1)C(=O)OC(C)(C)C. The highest BCUT2D eigenvalue weighted by atomic mass is 16.6. The molecule has 2 aromatic rings. The topological polar surface area (TPSA) is 122 Å². The second-order valence-electron chi connectivity index (χ2n) is 11.9. The van der Waals surface area contributed by atoms with Gasteiger partial charge in [0.2, 0.25) is 5.91 Å². The summed E-state index contributed by atoms with van der Waals surface area (Å²) in [6.45, 7) is 8.17. The summed E-state index contributed by atoms with van der Waals surface area (Å²) in [6, 6.07) is 18.6. The first-order chi connectivity index (χ1) is 20.3. The summed E-state index contributed by atoms with van der Waals surface area (Å²) >= 11 is 0. The number of hydrogen-bond donors (Lipinski definition) is 1. The fraction of sp³-hybridized carbons (Fsp3) is 0.424. The number of rotatable bonds is 11. The third-order valence-electron chi connectivity index (χ3n) is 6.59. The first kappa shape index (κ1) is 33.0. The van der Waals surface area contributed by atoms with Gasteiger partial charge in [-0.3, -0.25) is 29.5 Å². The Labute approximate surface area is 253 Å². The van der Waals surface area contributed by atoms with E-state index in [1.54, 1.807) is 45.0 Å². The number of hydrogen-bond acceptors (Lipinski definition) is 7. The van der Waals surface area contributed by atoms with Gasteiger partial charge in [-0.25, -0.2) is 4.79 Å². The average Bonchev–Trinajstić information content (AvgIpc) is 2.94. The van der Waals surface area contributed by atoms with E-state index >= 15 is 0 Å². The molecule has 2 atom stereocenters. The molecular formula is C33H41N3O7. The molecule has 43 heavy (non-hydrogen) atoms. The maximum atomic E-state index is 13.7. The van der Waals surface area contributed by atoms with Crippen LogP contribution < -0.4 is 5.43 Å². The normalized spacial score (nSPS) is 15.4. The molecule has 0 saturated carbocycles. The van der Waals surface area contributed by atoms with Gasteiger partial charge in [0.1, 0.15) is 25.3 Å². The van der Waals surface area contributed by atoms with Gasteiger partial charge < -0.3 is 9.47 Å². The van der Waals surface area contributed by atoms with E-state index in [2.05, 4.69) is 5.43 Å². The third kappa shape index (κ3) is 10.4. The van der Waals surface area contributed by atoms with Crippen LogP contribution in [-0.2, 0) is 35.3 Å². The molecule has 230 valence electrons. The molecule has 10 heteroatoms. The predicted octanol–water partition coefficient (Wildman–Crippen LogP) is 4.75. The standard InChI is InChI=1S/C33H41N3O7/c1-23(2)19-27(26(31(40)43-33(3,4)5)18-12-17-24-13-8-6-9-14-24)30(39)34-36-28(37)20-35(21-29(36)38)32(41)42-22-25-15-10-7-11-16-25/h6-17,23,26-27H,18-22H2,1-5H3,(H,34,39)/b17-12-/t26-,27?/m1/s1. The molecule has 2 aromatic carbocycles. The van der Waals surface area contributed by atoms with E-state index in [4.69, 9.17) is 9.47 Å². The summed E-state index contributed by atoms with van der Waals surface area (Å²) in [6.07, 6.45) is 3.39. The van der Waals surface area contributed by atoms with Crippen molar-refractivity contribution in [1.29, 1.82) is 0 Å². The Morgan fingerprint density at radius 1 is 0.907 bits per heavy atom. The summed E-state index contributed by atoms with van der Waals surface area (Å²) in [5.74, 6) is -4.54. The average molecular weight is 592 g/mol. The number of esters is 1. The zero-order chi connectivity index (χ0) is 31.6. The van der Waals surface area contributed by atoms with E-state index < -0.39 is 60.3 Å². The quantitative estimate of drug-likeness (QED) is 0.296. The fourth-order valence-electron chi connectivity index (χ4n) is 4.60. The van der Waals surface area contributed by atoms with Crippen LogP contribution in [0.3, 0.4) is 0 Å². The zero-order valence-electron chi connectivity index (χ0n) is 25.4. The van der Waals surface area contributed by atoms with Crippen molar-refractivity contribution in [3.8, 4) is 0 Å². The Hall–Kier alpha value is -4.47. The smallest absolute Gasteiger partial charge is 0.411 e. The maximum Gasteiger partial charge on any atom is 0.411 e. The molecule has 0 aromatic heterocycles. The molecule has 1 N–H and O–H groups in total. The summed E-state index contributed by atoms with van der Waals surface area (Å²) < 4.78 is 10.9. The Balaban J connectivity index is 1.73. The molecule has 1 unspecified atom stereocenters. The summed E-state index contributed by atoms with van der Waals surface area (Å²) in [7, 11) is 0.